The predicted octanol–water partition coefficient (Wildman–Crippen LogP) is -0.286. The molecular formula is C11H15N3O3. The molecule has 0 aromatic heterocycles. The van der Waals surface area contributed by atoms with Gasteiger partial charge in [-0.05, 0) is 30.7 Å². The smallest absolute Gasteiger partial charge is 0.243 e. The number of aryl methyl sites for hydroxylation is 1. The molecule has 92 valence electrons. The Morgan fingerprint density at radius 1 is 1.35 bits per heavy atom. The molecule has 0 atom stereocenters. The van der Waals surface area contributed by atoms with E-state index in [2.05, 4.69) is 10.6 Å². The Morgan fingerprint density at radius 3 is 2.65 bits per heavy atom. The number of phenols is 1. The summed E-state index contributed by atoms with van der Waals surface area (Å²) in [6.45, 7) is 1.45. The van der Waals surface area contributed by atoms with Crippen molar-refractivity contribution in [2.24, 2.45) is 5.73 Å². The van der Waals surface area contributed by atoms with Crippen LogP contribution in [-0.4, -0.2) is 30.0 Å². The molecule has 1 aromatic rings. The van der Waals surface area contributed by atoms with Gasteiger partial charge in [-0.25, -0.2) is 0 Å². The zero-order valence-electron chi connectivity index (χ0n) is 9.49. The molecule has 0 saturated heterocycles. The van der Waals surface area contributed by atoms with Gasteiger partial charge in [0, 0.05) is 5.69 Å². The van der Waals surface area contributed by atoms with Crippen LogP contribution < -0.4 is 16.4 Å². The fourth-order valence-corrected chi connectivity index (χ4v) is 1.19. The van der Waals surface area contributed by atoms with E-state index in [1.165, 1.54) is 6.07 Å². The van der Waals surface area contributed by atoms with Crippen molar-refractivity contribution in [1.82, 2.24) is 5.32 Å². The number of aromatic hydroxyl groups is 1. The van der Waals surface area contributed by atoms with Gasteiger partial charge in [0.2, 0.25) is 11.8 Å². The third-order valence-electron chi connectivity index (χ3n) is 2.11. The number of phenolic OH excluding ortho intramolecular Hbond substituents is 1. The Bertz CT molecular complexity index is 432. The Labute approximate surface area is 98.8 Å². The highest BCUT2D eigenvalue weighted by Crippen LogP contribution is 2.19. The monoisotopic (exact) mass is 237 g/mol. The number of carbonyl (C=O) groups is 2. The van der Waals surface area contributed by atoms with E-state index < -0.39 is 0 Å². The number of rotatable bonds is 4. The number of carbonyl (C=O) groups excluding carboxylic acids is 2. The number of hydrogen-bond donors (Lipinski definition) is 4. The summed E-state index contributed by atoms with van der Waals surface area (Å²) in [5.74, 6) is -0.571. The third kappa shape index (κ3) is 4.12. The van der Waals surface area contributed by atoms with Crippen LogP contribution in [0.2, 0.25) is 0 Å². The van der Waals surface area contributed by atoms with E-state index in [-0.39, 0.29) is 30.7 Å². The van der Waals surface area contributed by atoms with E-state index in [0.29, 0.717) is 11.3 Å². The van der Waals surface area contributed by atoms with E-state index in [4.69, 9.17) is 5.73 Å². The second kappa shape index (κ2) is 5.86. The van der Waals surface area contributed by atoms with Gasteiger partial charge in [0.25, 0.3) is 0 Å². The van der Waals surface area contributed by atoms with Crippen molar-refractivity contribution in [3.8, 4) is 5.75 Å². The summed E-state index contributed by atoms with van der Waals surface area (Å²) in [7, 11) is 0. The fourth-order valence-electron chi connectivity index (χ4n) is 1.19. The van der Waals surface area contributed by atoms with Crippen molar-refractivity contribution in [3.05, 3.63) is 23.8 Å². The van der Waals surface area contributed by atoms with Crippen molar-refractivity contribution in [2.75, 3.05) is 18.4 Å². The average Bonchev–Trinajstić information content (AvgIpc) is 2.31. The molecule has 1 rings (SSSR count). The zero-order chi connectivity index (χ0) is 12.8. The first-order chi connectivity index (χ1) is 8.02. The maximum Gasteiger partial charge on any atom is 0.243 e. The summed E-state index contributed by atoms with van der Waals surface area (Å²) in [6, 6.07) is 4.70. The minimum Gasteiger partial charge on any atom is -0.508 e. The maximum atomic E-state index is 11.4. The lowest BCUT2D eigenvalue weighted by Crippen LogP contribution is -2.36. The highest BCUT2D eigenvalue weighted by Gasteiger charge is 2.05. The number of amides is 2. The molecule has 0 aliphatic rings. The van der Waals surface area contributed by atoms with E-state index in [1.807, 2.05) is 0 Å². The third-order valence-corrected chi connectivity index (χ3v) is 2.11. The lowest BCUT2D eigenvalue weighted by molar-refractivity contribution is -0.123. The number of anilines is 1. The molecule has 6 heteroatoms. The van der Waals surface area contributed by atoms with Crippen LogP contribution >= 0.6 is 0 Å². The predicted molar refractivity (Wildman–Crippen MR) is 63.5 cm³/mol. The van der Waals surface area contributed by atoms with Gasteiger partial charge in [-0.15, -0.1) is 0 Å². The van der Waals surface area contributed by atoms with E-state index in [0.717, 1.165) is 0 Å². The Hall–Kier alpha value is -2.08. The lowest BCUT2D eigenvalue weighted by atomic mass is 10.2. The summed E-state index contributed by atoms with van der Waals surface area (Å²) in [6.07, 6.45) is 0. The number of nitrogens with one attached hydrogen (secondary N) is 2. The highest BCUT2D eigenvalue weighted by atomic mass is 16.3. The molecule has 17 heavy (non-hydrogen) atoms. The molecule has 2 amide bonds. The van der Waals surface area contributed by atoms with E-state index in [9.17, 15) is 14.7 Å². The molecule has 0 radical (unpaired) electrons. The normalized spacial score (nSPS) is 9.76. The highest BCUT2D eigenvalue weighted by molar-refractivity contribution is 5.94. The molecule has 0 heterocycles. The van der Waals surface area contributed by atoms with E-state index >= 15 is 0 Å². The number of benzene rings is 1. The number of hydrogen-bond acceptors (Lipinski definition) is 4. The molecule has 0 fully saturated rings. The second-order valence-electron chi connectivity index (χ2n) is 3.53. The van der Waals surface area contributed by atoms with Crippen LogP contribution in [0.5, 0.6) is 5.75 Å². The fraction of sp³-hybridized carbons (Fsp3) is 0.273. The molecule has 5 N–H and O–H groups in total. The van der Waals surface area contributed by atoms with Gasteiger partial charge in [0.15, 0.2) is 0 Å². The molecule has 0 spiro atoms. The Morgan fingerprint density at radius 2 is 2.06 bits per heavy atom. The summed E-state index contributed by atoms with van der Waals surface area (Å²) < 4.78 is 0. The molecule has 0 bridgehead atoms. The van der Waals surface area contributed by atoms with Crippen molar-refractivity contribution < 1.29 is 14.7 Å². The van der Waals surface area contributed by atoms with Gasteiger partial charge in [-0.1, -0.05) is 0 Å². The molecule has 0 saturated carbocycles. The first kappa shape index (κ1) is 13.0. The van der Waals surface area contributed by atoms with Crippen LogP contribution in [0.3, 0.4) is 0 Å². The van der Waals surface area contributed by atoms with Gasteiger partial charge < -0.3 is 21.5 Å². The van der Waals surface area contributed by atoms with Crippen molar-refractivity contribution in [3.63, 3.8) is 0 Å². The topological polar surface area (TPSA) is 104 Å². The van der Waals surface area contributed by atoms with Gasteiger partial charge in [0.1, 0.15) is 5.75 Å². The summed E-state index contributed by atoms with van der Waals surface area (Å²) in [5, 5.41) is 14.2. The van der Waals surface area contributed by atoms with Crippen LogP contribution in [-0.2, 0) is 9.59 Å². The number of nitrogens with two attached hydrogens (primary N) is 1. The standard InChI is InChI=1S/C11H15N3O3/c1-7-4-8(2-3-9(7)15)14-11(17)6-13-10(16)5-12/h2-4,15H,5-6,12H2,1H3,(H,13,16)(H,14,17). The van der Waals surface area contributed by atoms with Crippen LogP contribution in [0.25, 0.3) is 0 Å². The largest absolute Gasteiger partial charge is 0.508 e. The molecule has 0 aliphatic heterocycles. The molecular weight excluding hydrogens is 222 g/mol. The Kier molecular flexibility index (Phi) is 4.47. The first-order valence-electron chi connectivity index (χ1n) is 5.09. The maximum absolute atomic E-state index is 11.4. The SMILES string of the molecule is Cc1cc(NC(=O)CNC(=O)CN)ccc1O. The van der Waals surface area contributed by atoms with Gasteiger partial charge in [-0.2, -0.15) is 0 Å². The summed E-state index contributed by atoms with van der Waals surface area (Å²) in [5.41, 5.74) is 6.30. The molecule has 1 aromatic carbocycles. The first-order valence-corrected chi connectivity index (χ1v) is 5.09. The lowest BCUT2D eigenvalue weighted by Gasteiger charge is -2.07. The van der Waals surface area contributed by atoms with Crippen LogP contribution in [0, 0.1) is 6.92 Å². The van der Waals surface area contributed by atoms with Crippen LogP contribution in [0.1, 0.15) is 5.56 Å². The average molecular weight is 237 g/mol. The van der Waals surface area contributed by atoms with Crippen LogP contribution in [0.15, 0.2) is 18.2 Å². The molecule has 0 unspecified atom stereocenters. The van der Waals surface area contributed by atoms with Crippen LogP contribution in [0.4, 0.5) is 5.69 Å². The zero-order valence-corrected chi connectivity index (χ0v) is 9.49. The quantitative estimate of drug-likeness (QED) is 0.540. The summed E-state index contributed by atoms with van der Waals surface area (Å²) in [4.78, 5) is 22.2. The Balaban J connectivity index is 2.50. The van der Waals surface area contributed by atoms with Gasteiger partial charge in [0.05, 0.1) is 13.1 Å². The minimum atomic E-state index is -0.387. The molecule has 6 nitrogen and oxygen atoms in total. The van der Waals surface area contributed by atoms with Crippen molar-refractivity contribution >= 4 is 17.5 Å². The van der Waals surface area contributed by atoms with Gasteiger partial charge in [-0.3, -0.25) is 9.59 Å². The second-order valence-corrected chi connectivity index (χ2v) is 3.53. The van der Waals surface area contributed by atoms with Crippen molar-refractivity contribution in [1.29, 1.82) is 0 Å². The van der Waals surface area contributed by atoms with E-state index in [1.54, 1.807) is 19.1 Å². The summed E-state index contributed by atoms with van der Waals surface area (Å²) >= 11 is 0. The van der Waals surface area contributed by atoms with Crippen molar-refractivity contribution in [2.45, 2.75) is 6.92 Å². The molecule has 0 aliphatic carbocycles. The van der Waals surface area contributed by atoms with Gasteiger partial charge >= 0.3 is 0 Å². The minimum absolute atomic E-state index is 0.129.